The van der Waals surface area contributed by atoms with Gasteiger partial charge >= 0.3 is 5.69 Å². The van der Waals surface area contributed by atoms with Crippen molar-refractivity contribution < 1.29 is 4.79 Å². The van der Waals surface area contributed by atoms with Gasteiger partial charge in [-0.3, -0.25) is 18.7 Å². The van der Waals surface area contributed by atoms with Crippen LogP contribution in [0.3, 0.4) is 0 Å². The predicted molar refractivity (Wildman–Crippen MR) is 120 cm³/mol. The van der Waals surface area contributed by atoms with Gasteiger partial charge in [0.25, 0.3) is 5.56 Å². The van der Waals surface area contributed by atoms with Crippen molar-refractivity contribution in [1.82, 2.24) is 9.13 Å². The lowest BCUT2D eigenvalue weighted by Gasteiger charge is -2.31. The molecule has 0 saturated heterocycles. The van der Waals surface area contributed by atoms with Gasteiger partial charge in [0.2, 0.25) is 0 Å². The Morgan fingerprint density at radius 3 is 2.19 bits per heavy atom. The molecule has 0 N–H and O–H groups in total. The maximum absolute atomic E-state index is 13.6. The quantitative estimate of drug-likeness (QED) is 0.615. The molecule has 2 aromatic carbocycles. The van der Waals surface area contributed by atoms with Crippen LogP contribution in [0.15, 0.2) is 51.0 Å². The maximum atomic E-state index is 13.6. The minimum Gasteiger partial charge on any atom is -0.293 e. The van der Waals surface area contributed by atoms with E-state index >= 15 is 0 Å². The SMILES string of the molecule is Cc1ccc([C@H]2c3c(n(C)c(=O)n(C)c3=O)N=C3c4ccccc4C(=O)[C@@H]32)c(C)c1C. The second-order valence-electron chi connectivity index (χ2n) is 8.53. The predicted octanol–water partition coefficient (Wildman–Crippen LogP) is 3.09. The zero-order chi connectivity index (χ0) is 22.2. The summed E-state index contributed by atoms with van der Waals surface area (Å²) in [5.74, 6) is -0.784. The van der Waals surface area contributed by atoms with Gasteiger partial charge in [0.15, 0.2) is 5.78 Å². The summed E-state index contributed by atoms with van der Waals surface area (Å²) in [6.45, 7) is 6.13. The van der Waals surface area contributed by atoms with Crippen LogP contribution in [0.2, 0.25) is 0 Å². The first-order chi connectivity index (χ1) is 14.7. The molecule has 1 aromatic heterocycles. The molecule has 2 aliphatic rings. The van der Waals surface area contributed by atoms with E-state index in [1.54, 1.807) is 7.05 Å². The van der Waals surface area contributed by atoms with Gasteiger partial charge in [-0.15, -0.1) is 0 Å². The summed E-state index contributed by atoms with van der Waals surface area (Å²) in [5, 5.41) is 0. The Hall–Kier alpha value is -3.54. The molecule has 0 bridgehead atoms. The summed E-state index contributed by atoms with van der Waals surface area (Å²) < 4.78 is 2.52. The number of ketones is 1. The monoisotopic (exact) mass is 413 g/mol. The van der Waals surface area contributed by atoms with Gasteiger partial charge < -0.3 is 0 Å². The number of aryl methyl sites for hydroxylation is 1. The van der Waals surface area contributed by atoms with E-state index in [1.807, 2.05) is 50.2 Å². The lowest BCUT2D eigenvalue weighted by Crippen LogP contribution is -2.43. The fraction of sp³-hybridized carbons (Fsp3) is 0.280. The molecule has 0 radical (unpaired) electrons. The molecular formula is C25H23N3O3. The molecule has 6 nitrogen and oxygen atoms in total. The topological polar surface area (TPSA) is 73.4 Å². The fourth-order valence-corrected chi connectivity index (χ4v) is 5.02. The van der Waals surface area contributed by atoms with Crippen molar-refractivity contribution in [1.29, 1.82) is 0 Å². The summed E-state index contributed by atoms with van der Waals surface area (Å²) in [6, 6.07) is 11.5. The Balaban J connectivity index is 1.93. The standard InChI is InChI=1S/C25H23N3O3/c1-12-10-11-15(14(3)13(12)2)18-19-21(16-8-6-7-9-17(16)22(19)29)26-23-20(18)24(30)28(5)25(31)27(23)4/h6-11,18-19H,1-5H3/t18-,19-/m1/s1. The molecular weight excluding hydrogens is 390 g/mol. The van der Waals surface area contributed by atoms with Gasteiger partial charge in [0.1, 0.15) is 5.82 Å². The fourth-order valence-electron chi connectivity index (χ4n) is 5.02. The number of fused-ring (bicyclic) bond motifs is 4. The highest BCUT2D eigenvalue weighted by molar-refractivity contribution is 6.30. The molecule has 0 fully saturated rings. The molecule has 6 heteroatoms. The van der Waals surface area contributed by atoms with E-state index in [1.165, 1.54) is 11.6 Å². The van der Waals surface area contributed by atoms with Gasteiger partial charge in [-0.05, 0) is 43.0 Å². The third kappa shape index (κ3) is 2.45. The molecule has 0 unspecified atom stereocenters. The smallest absolute Gasteiger partial charge is 0.293 e. The van der Waals surface area contributed by atoms with Gasteiger partial charge in [0, 0.05) is 31.1 Å². The number of Topliss-reactive ketones (excluding diaryl/α,β-unsaturated/α-hetero) is 1. The summed E-state index contributed by atoms with van der Waals surface area (Å²) in [6.07, 6.45) is 0. The van der Waals surface area contributed by atoms with Crippen molar-refractivity contribution in [3.63, 3.8) is 0 Å². The summed E-state index contributed by atoms with van der Waals surface area (Å²) in [5.41, 5.74) is 5.88. The number of carbonyl (C=O) groups excluding carboxylic acids is 1. The van der Waals surface area contributed by atoms with Gasteiger partial charge in [0.05, 0.1) is 17.2 Å². The van der Waals surface area contributed by atoms with Crippen molar-refractivity contribution in [2.75, 3.05) is 0 Å². The lowest BCUT2D eigenvalue weighted by atomic mass is 9.74. The van der Waals surface area contributed by atoms with Gasteiger partial charge in [-0.25, -0.2) is 9.79 Å². The average molecular weight is 413 g/mol. The molecule has 0 spiro atoms. The normalized spacial score (nSPS) is 19.0. The van der Waals surface area contributed by atoms with E-state index in [-0.39, 0.29) is 5.78 Å². The molecule has 0 saturated carbocycles. The number of aromatic nitrogens is 2. The first-order valence-corrected chi connectivity index (χ1v) is 10.3. The van der Waals surface area contributed by atoms with E-state index in [2.05, 4.69) is 6.92 Å². The summed E-state index contributed by atoms with van der Waals surface area (Å²) in [4.78, 5) is 44.4. The highest BCUT2D eigenvalue weighted by Crippen LogP contribution is 2.47. The van der Waals surface area contributed by atoms with Crippen molar-refractivity contribution in [3.05, 3.63) is 96.2 Å². The average Bonchev–Trinajstić information content (AvgIpc) is 3.06. The van der Waals surface area contributed by atoms with E-state index in [0.29, 0.717) is 22.7 Å². The first-order valence-electron chi connectivity index (χ1n) is 10.3. The molecule has 5 rings (SSSR count). The van der Waals surface area contributed by atoms with E-state index in [0.717, 1.165) is 32.4 Å². The highest BCUT2D eigenvalue weighted by atomic mass is 16.2. The number of hydrogen-bond donors (Lipinski definition) is 0. The minimum atomic E-state index is -0.587. The number of benzene rings is 2. The van der Waals surface area contributed by atoms with Crippen LogP contribution in [-0.2, 0) is 14.1 Å². The number of hydrogen-bond acceptors (Lipinski definition) is 4. The van der Waals surface area contributed by atoms with Crippen LogP contribution in [0.1, 0.15) is 49.7 Å². The van der Waals surface area contributed by atoms with Gasteiger partial charge in [-0.1, -0.05) is 36.4 Å². The number of nitrogens with zero attached hydrogens (tertiary/aromatic N) is 3. The Bertz CT molecular complexity index is 1460. The van der Waals surface area contributed by atoms with Crippen LogP contribution in [-0.4, -0.2) is 20.6 Å². The van der Waals surface area contributed by atoms with E-state index in [9.17, 15) is 14.4 Å². The summed E-state index contributed by atoms with van der Waals surface area (Å²) >= 11 is 0. The number of rotatable bonds is 1. The lowest BCUT2D eigenvalue weighted by molar-refractivity contribution is 0.0953. The molecule has 3 aromatic rings. The largest absolute Gasteiger partial charge is 0.332 e. The highest BCUT2D eigenvalue weighted by Gasteiger charge is 2.48. The number of carbonyl (C=O) groups is 1. The third-order valence-corrected chi connectivity index (χ3v) is 7.02. The third-order valence-electron chi connectivity index (χ3n) is 7.02. The Labute approximate surface area is 179 Å². The van der Waals surface area contributed by atoms with Crippen LogP contribution in [0.4, 0.5) is 5.82 Å². The molecule has 156 valence electrons. The Morgan fingerprint density at radius 1 is 0.806 bits per heavy atom. The molecule has 31 heavy (non-hydrogen) atoms. The van der Waals surface area contributed by atoms with E-state index < -0.39 is 23.1 Å². The van der Waals surface area contributed by atoms with Crippen LogP contribution >= 0.6 is 0 Å². The summed E-state index contributed by atoms with van der Waals surface area (Å²) in [7, 11) is 3.09. The van der Waals surface area contributed by atoms with E-state index in [4.69, 9.17) is 4.99 Å². The molecule has 2 heterocycles. The van der Waals surface area contributed by atoms with Crippen LogP contribution < -0.4 is 11.2 Å². The second-order valence-corrected chi connectivity index (χ2v) is 8.53. The van der Waals surface area contributed by atoms with Gasteiger partial charge in [-0.2, -0.15) is 0 Å². The molecule has 2 atom stereocenters. The zero-order valence-corrected chi connectivity index (χ0v) is 18.2. The van der Waals surface area contributed by atoms with Crippen molar-refractivity contribution in [2.45, 2.75) is 26.7 Å². The molecule has 1 aliphatic carbocycles. The first kappa shape index (κ1) is 19.4. The molecule has 0 amide bonds. The van der Waals surface area contributed by atoms with Crippen molar-refractivity contribution in [2.24, 2.45) is 25.0 Å². The number of aliphatic imine (C=N–C) groups is 1. The second kappa shape index (κ2) is 6.48. The van der Waals surface area contributed by atoms with Crippen molar-refractivity contribution in [3.8, 4) is 0 Å². The van der Waals surface area contributed by atoms with Crippen LogP contribution in [0.25, 0.3) is 0 Å². The van der Waals surface area contributed by atoms with Crippen LogP contribution in [0, 0.1) is 26.7 Å². The van der Waals surface area contributed by atoms with Crippen molar-refractivity contribution >= 4 is 17.3 Å². The maximum Gasteiger partial charge on any atom is 0.332 e. The zero-order valence-electron chi connectivity index (χ0n) is 18.2. The Kier molecular flexibility index (Phi) is 4.06. The minimum absolute atomic E-state index is 0.0291. The Morgan fingerprint density at radius 2 is 1.48 bits per heavy atom. The molecule has 1 aliphatic heterocycles. The van der Waals surface area contributed by atoms with Crippen LogP contribution in [0.5, 0.6) is 0 Å².